The van der Waals surface area contributed by atoms with E-state index in [1.54, 1.807) is 12.1 Å². The number of fused-ring (bicyclic) bond motifs is 9. The fourth-order valence-electron chi connectivity index (χ4n) is 16.1. The van der Waals surface area contributed by atoms with Crippen molar-refractivity contribution in [2.75, 3.05) is 20.2 Å². The van der Waals surface area contributed by atoms with Crippen LogP contribution in [0, 0.1) is 41.4 Å². The predicted molar refractivity (Wildman–Crippen MR) is 320 cm³/mol. The van der Waals surface area contributed by atoms with E-state index in [0.717, 1.165) is 85.1 Å². The number of hydrogen-bond acceptors (Lipinski definition) is 10. The van der Waals surface area contributed by atoms with Crippen molar-refractivity contribution >= 4 is 16.1 Å². The maximum absolute atomic E-state index is 14.5. The number of hydrogen-bond donors (Lipinski definition) is 8. The molecule has 14 heteroatoms. The molecular formula is C68H81N5O8S. The van der Waals surface area contributed by atoms with Crippen molar-refractivity contribution in [3.8, 4) is 23.3 Å². The van der Waals surface area contributed by atoms with Gasteiger partial charge in [-0.2, -0.15) is 8.42 Å². The minimum Gasteiger partial charge on any atom is -0.508 e. The van der Waals surface area contributed by atoms with E-state index in [-0.39, 0.29) is 66.9 Å². The van der Waals surface area contributed by atoms with Gasteiger partial charge < -0.3 is 46.9 Å². The SMILES string of the molecule is CNCc1cc2c(cc1[C@H]1CCC[C@](O)([C@H](Cc3ccccc3)C[C@]3(N=C(N)N)Oc4ccc5c(c4)CC[C@@H](C)[C@@H]5C[C@@H](S(=O)(=O)O)[C@H]4C=C5C[C@H](C[C@H]6C[C@@H](CO)CC#Cc7cc(O)ccc7[C@@H]5O6)[C@@H]4c4ccc3cc4)C1)CNCC2. The lowest BCUT2D eigenvalue weighted by atomic mass is 9.64. The van der Waals surface area contributed by atoms with Crippen LogP contribution in [0.4, 0.5) is 0 Å². The summed E-state index contributed by atoms with van der Waals surface area (Å²) in [5.74, 6) is 5.21. The number of nitrogens with one attached hydrogen (secondary N) is 2. The van der Waals surface area contributed by atoms with Crippen molar-refractivity contribution in [3.63, 3.8) is 0 Å². The first-order chi connectivity index (χ1) is 39.6. The van der Waals surface area contributed by atoms with Crippen LogP contribution in [0.5, 0.6) is 11.5 Å². The normalized spacial score (nSPS) is 30.7. The third kappa shape index (κ3) is 11.4. The van der Waals surface area contributed by atoms with E-state index in [4.69, 9.17) is 25.9 Å². The number of aliphatic hydroxyl groups is 2. The van der Waals surface area contributed by atoms with Crippen LogP contribution in [0.2, 0.25) is 0 Å². The Kier molecular flexibility index (Phi) is 16.0. The van der Waals surface area contributed by atoms with E-state index in [1.165, 1.54) is 22.3 Å². The molecular weight excluding hydrogens is 1050 g/mol. The van der Waals surface area contributed by atoms with Gasteiger partial charge in [0, 0.05) is 55.1 Å². The molecule has 5 aromatic carbocycles. The van der Waals surface area contributed by atoms with Gasteiger partial charge in [-0.25, -0.2) is 4.99 Å². The van der Waals surface area contributed by atoms with Crippen LogP contribution in [0.25, 0.3) is 0 Å². The van der Waals surface area contributed by atoms with E-state index in [9.17, 15) is 28.3 Å². The van der Waals surface area contributed by atoms with Crippen LogP contribution in [-0.4, -0.2) is 71.4 Å². The van der Waals surface area contributed by atoms with E-state index >= 15 is 0 Å². The highest BCUT2D eigenvalue weighted by Crippen LogP contribution is 2.56. The summed E-state index contributed by atoms with van der Waals surface area (Å²) in [6.45, 7) is 4.63. The lowest BCUT2D eigenvalue weighted by Gasteiger charge is -2.46. The fourth-order valence-corrected chi connectivity index (χ4v) is 17.2. The quantitative estimate of drug-likeness (QED) is 0.0204. The lowest BCUT2D eigenvalue weighted by Crippen LogP contribution is -2.48. The summed E-state index contributed by atoms with van der Waals surface area (Å²) in [4.78, 5) is 5.21. The molecule has 10 N–H and O–H groups in total. The molecule has 0 unspecified atom stereocenters. The molecule has 10 bridgehead atoms. The zero-order valence-electron chi connectivity index (χ0n) is 47.4. The van der Waals surface area contributed by atoms with Crippen molar-refractivity contribution in [2.45, 2.75) is 156 Å². The van der Waals surface area contributed by atoms with E-state index in [2.05, 4.69) is 84.0 Å². The van der Waals surface area contributed by atoms with E-state index in [1.807, 2.05) is 49.5 Å². The number of nitrogens with zero attached hydrogens (tertiary/aromatic N) is 1. The third-order valence-corrected chi connectivity index (χ3v) is 21.4. The second-order valence-corrected chi connectivity index (χ2v) is 27.0. The minimum absolute atomic E-state index is 0.0752. The zero-order valence-corrected chi connectivity index (χ0v) is 48.2. The summed E-state index contributed by atoms with van der Waals surface area (Å²) in [6, 6.07) is 34.6. The first-order valence-electron chi connectivity index (χ1n) is 30.1. The summed E-state index contributed by atoms with van der Waals surface area (Å²) in [5.41, 5.74) is 22.9. The van der Waals surface area contributed by atoms with E-state index in [0.29, 0.717) is 61.8 Å². The van der Waals surface area contributed by atoms with Crippen molar-refractivity contribution in [2.24, 2.45) is 46.0 Å². The molecule has 5 aromatic rings. The maximum Gasteiger partial charge on any atom is 0.268 e. The molecule has 432 valence electrons. The van der Waals surface area contributed by atoms with Crippen molar-refractivity contribution in [3.05, 3.63) is 176 Å². The van der Waals surface area contributed by atoms with Gasteiger partial charge in [0.2, 0.25) is 5.72 Å². The molecule has 3 aliphatic carbocycles. The molecule has 82 heavy (non-hydrogen) atoms. The van der Waals surface area contributed by atoms with Gasteiger partial charge in [0.15, 0.2) is 5.96 Å². The minimum atomic E-state index is -4.70. The lowest BCUT2D eigenvalue weighted by molar-refractivity contribution is -0.0834. The number of ether oxygens (including phenoxy) is 2. The van der Waals surface area contributed by atoms with Gasteiger partial charge in [-0.05, 0) is 206 Å². The molecule has 0 aromatic heterocycles. The molecule has 0 radical (unpaired) electrons. The van der Waals surface area contributed by atoms with Gasteiger partial charge in [0.05, 0.1) is 17.0 Å². The van der Waals surface area contributed by atoms with Crippen LogP contribution in [0.3, 0.4) is 0 Å². The largest absolute Gasteiger partial charge is 0.508 e. The summed E-state index contributed by atoms with van der Waals surface area (Å²) in [7, 11) is -2.70. The second kappa shape index (κ2) is 23.2. The van der Waals surface area contributed by atoms with Crippen LogP contribution >= 0.6 is 0 Å². The van der Waals surface area contributed by atoms with Crippen LogP contribution < -0.4 is 26.8 Å². The number of aliphatic hydroxyl groups excluding tert-OH is 1. The summed E-state index contributed by atoms with van der Waals surface area (Å²) in [5, 5.41) is 41.1. The maximum atomic E-state index is 14.5. The number of phenolic OH excluding ortho intramolecular Hbond substituents is 1. The van der Waals surface area contributed by atoms with Gasteiger partial charge in [-0.3, -0.25) is 4.55 Å². The zero-order chi connectivity index (χ0) is 56.9. The third-order valence-electron chi connectivity index (χ3n) is 20.1. The van der Waals surface area contributed by atoms with Crippen LogP contribution in [-0.2, 0) is 52.9 Å². The monoisotopic (exact) mass is 1130 g/mol. The van der Waals surface area contributed by atoms with Gasteiger partial charge >= 0.3 is 0 Å². The number of rotatable bonds is 11. The highest BCUT2D eigenvalue weighted by Gasteiger charge is 2.51. The number of phenols is 1. The Bertz CT molecular complexity index is 3410. The molecule has 6 aliphatic heterocycles. The van der Waals surface area contributed by atoms with Gasteiger partial charge in [-0.1, -0.05) is 104 Å². The molecule has 1 saturated carbocycles. The van der Waals surface area contributed by atoms with Crippen LogP contribution in [0.15, 0.2) is 120 Å². The first-order valence-corrected chi connectivity index (χ1v) is 31.6. The van der Waals surface area contributed by atoms with Gasteiger partial charge in [0.1, 0.15) is 17.6 Å². The number of aliphatic imine (C=N–C) groups is 1. The summed E-state index contributed by atoms with van der Waals surface area (Å²) in [6.07, 6.45) is 9.70. The average Bonchev–Trinajstić information content (AvgIpc) is 3.21. The molecule has 0 spiro atoms. The fraction of sp³-hybridized carbons (Fsp3) is 0.485. The number of aromatic hydroxyl groups is 1. The molecule has 14 rings (SSSR count). The van der Waals surface area contributed by atoms with Crippen molar-refractivity contribution in [1.82, 2.24) is 10.6 Å². The number of aryl methyl sites for hydroxylation is 1. The number of guanidine groups is 1. The second-order valence-electron chi connectivity index (χ2n) is 25.3. The summed E-state index contributed by atoms with van der Waals surface area (Å²) >= 11 is 0. The Morgan fingerprint density at radius 2 is 1.74 bits per heavy atom. The van der Waals surface area contributed by atoms with Gasteiger partial charge in [0.25, 0.3) is 10.1 Å². The molecule has 13 atom stereocenters. The Labute approximate surface area is 484 Å². The Morgan fingerprint density at radius 3 is 2.52 bits per heavy atom. The van der Waals surface area contributed by atoms with Crippen molar-refractivity contribution < 1.29 is 37.8 Å². The Morgan fingerprint density at radius 1 is 0.927 bits per heavy atom. The number of allylic oxidation sites excluding steroid dienone is 1. The average molecular weight is 1130 g/mol. The Balaban J connectivity index is 1.02. The molecule has 2 fully saturated rings. The van der Waals surface area contributed by atoms with Gasteiger partial charge in [-0.15, -0.1) is 0 Å². The molecule has 1 saturated heterocycles. The number of nitrogens with two attached hydrogens (primary N) is 2. The Hall–Kier alpha value is -6.02. The molecule has 9 aliphatic rings. The first kappa shape index (κ1) is 56.5. The molecule has 0 amide bonds. The highest BCUT2D eigenvalue weighted by molar-refractivity contribution is 7.86. The topological polar surface area (TPSA) is 222 Å². The standard InChI is InChI=1S/C68H81N5O8S/c1-41-13-14-47-31-56-20-22-58(47)60(41)35-63(82(77,78)79)62-33-50-29-49(32-57-27-43(40-74)10-6-11-46-30-55(75)19-21-59(46)65(50)80-57)64(62)44-15-17-53(18-16-44)68(81-56,73-66(69)70)37-54(26-42-8-4-3-5-9-42)67(76)24-7-12-48(36-67)61-34-51-39-72-25-23-45(51)28-52(61)38-71-2/h3-5,8-9,15-22,28,30-31,33-34,41,43,48-49,54,57,60,62-65,71-72,74-76H,7,10,12-14,23-27,29,32,35-40H2,1-2H3,(H4,69,70,73)(H,77,78,79)/t41-,43+,48+,49-,54-,57-,60+,62-,63-,64+,65-,67-,68+/m1/s1. The van der Waals surface area contributed by atoms with Crippen LogP contribution in [0.1, 0.15) is 163 Å². The molecule has 6 heterocycles. The smallest absolute Gasteiger partial charge is 0.268 e. The van der Waals surface area contributed by atoms with E-state index < -0.39 is 50.6 Å². The summed E-state index contributed by atoms with van der Waals surface area (Å²) < 4.78 is 55.5. The van der Waals surface area contributed by atoms with Crippen molar-refractivity contribution in [1.29, 1.82) is 0 Å². The highest BCUT2D eigenvalue weighted by atomic mass is 32.2. The molecule has 13 nitrogen and oxygen atoms in total. The number of benzene rings is 5. The predicted octanol–water partition coefficient (Wildman–Crippen LogP) is 9.86.